The third-order valence-electron chi connectivity index (χ3n) is 7.46. The van der Waals surface area contributed by atoms with Crippen LogP contribution in [0, 0.1) is 6.92 Å². The molecule has 0 saturated carbocycles. The van der Waals surface area contributed by atoms with E-state index in [1.54, 1.807) is 7.11 Å². The van der Waals surface area contributed by atoms with E-state index >= 15 is 0 Å². The van der Waals surface area contributed by atoms with Crippen LogP contribution in [0.5, 0.6) is 11.5 Å². The SMILES string of the molecule is COc1cc2c(cc1OCc1cccc(C)c1)C1Cc3c(n(CO)c4ccccc34)CN1CC2. The fraction of sp³-hybridized carbons (Fsp3) is 0.310. The summed E-state index contributed by atoms with van der Waals surface area (Å²) in [6.45, 7) is 4.47. The summed E-state index contributed by atoms with van der Waals surface area (Å²) in [5, 5.41) is 11.4. The molecule has 34 heavy (non-hydrogen) atoms. The third kappa shape index (κ3) is 3.47. The van der Waals surface area contributed by atoms with E-state index in [2.05, 4.69) is 71.0 Å². The van der Waals surface area contributed by atoms with Gasteiger partial charge in [-0.05, 0) is 60.2 Å². The maximum absolute atomic E-state index is 10.1. The molecule has 0 aliphatic carbocycles. The summed E-state index contributed by atoms with van der Waals surface area (Å²) < 4.78 is 14.1. The first-order valence-electron chi connectivity index (χ1n) is 12.0. The van der Waals surface area contributed by atoms with Crippen molar-refractivity contribution in [2.45, 2.75) is 45.7 Å². The van der Waals surface area contributed by atoms with Gasteiger partial charge in [0.25, 0.3) is 0 Å². The van der Waals surface area contributed by atoms with Crippen LogP contribution in [0.4, 0.5) is 0 Å². The number of aromatic nitrogens is 1. The van der Waals surface area contributed by atoms with Crippen molar-refractivity contribution >= 4 is 10.9 Å². The molecule has 2 aliphatic heterocycles. The average Bonchev–Trinajstić information content (AvgIpc) is 3.18. The zero-order valence-electron chi connectivity index (χ0n) is 19.8. The second kappa shape index (κ2) is 8.49. The fourth-order valence-corrected chi connectivity index (χ4v) is 5.81. The smallest absolute Gasteiger partial charge is 0.162 e. The molecule has 5 heteroatoms. The van der Waals surface area contributed by atoms with E-state index in [-0.39, 0.29) is 6.73 Å². The number of rotatable bonds is 5. The molecule has 3 aromatic carbocycles. The second-order valence-electron chi connectivity index (χ2n) is 9.43. The van der Waals surface area contributed by atoms with Crippen LogP contribution in [0.3, 0.4) is 0 Å². The highest BCUT2D eigenvalue weighted by atomic mass is 16.5. The predicted octanol–water partition coefficient (Wildman–Crippen LogP) is 5.14. The summed E-state index contributed by atoms with van der Waals surface area (Å²) in [5.74, 6) is 1.60. The number of hydrogen-bond donors (Lipinski definition) is 1. The van der Waals surface area contributed by atoms with Crippen molar-refractivity contribution in [1.82, 2.24) is 9.47 Å². The fourth-order valence-electron chi connectivity index (χ4n) is 5.81. The molecular weight excluding hydrogens is 424 g/mol. The van der Waals surface area contributed by atoms with E-state index in [1.165, 1.54) is 33.3 Å². The molecule has 5 nitrogen and oxygen atoms in total. The topological polar surface area (TPSA) is 46.9 Å². The molecule has 1 aromatic heterocycles. The molecule has 0 radical (unpaired) electrons. The Balaban J connectivity index is 1.37. The molecule has 0 bridgehead atoms. The van der Waals surface area contributed by atoms with Crippen molar-refractivity contribution in [2.75, 3.05) is 13.7 Å². The normalized spacial score (nSPS) is 17.2. The maximum Gasteiger partial charge on any atom is 0.162 e. The van der Waals surface area contributed by atoms with Crippen molar-refractivity contribution < 1.29 is 14.6 Å². The van der Waals surface area contributed by atoms with Gasteiger partial charge < -0.3 is 19.1 Å². The van der Waals surface area contributed by atoms with Crippen molar-refractivity contribution in [2.24, 2.45) is 0 Å². The standard InChI is InChI=1S/C29H30N2O3/c1-19-6-5-7-20(12-19)17-34-29-15-23-21(13-28(29)33-2)10-11-30-16-27-24(14-26(23)30)22-8-3-4-9-25(22)31(27)18-32/h3-9,12-13,15,26,32H,10-11,14,16-18H2,1-2H3. The molecule has 2 aliphatic rings. The Bertz CT molecular complexity index is 1370. The van der Waals surface area contributed by atoms with Crippen LogP contribution < -0.4 is 9.47 Å². The Morgan fingerprint density at radius 2 is 1.91 bits per heavy atom. The molecule has 1 atom stereocenters. The summed E-state index contributed by atoms with van der Waals surface area (Å²) in [4.78, 5) is 2.55. The number of para-hydroxylation sites is 1. The number of ether oxygens (including phenoxy) is 2. The van der Waals surface area contributed by atoms with Gasteiger partial charge in [-0.1, -0.05) is 48.0 Å². The van der Waals surface area contributed by atoms with Gasteiger partial charge in [-0.25, -0.2) is 0 Å². The summed E-state index contributed by atoms with van der Waals surface area (Å²) in [6, 6.07) is 21.5. The minimum absolute atomic E-state index is 0.0130. The summed E-state index contributed by atoms with van der Waals surface area (Å²) in [7, 11) is 1.72. The first-order valence-corrected chi connectivity index (χ1v) is 12.0. The maximum atomic E-state index is 10.1. The Labute approximate surface area is 200 Å². The third-order valence-corrected chi connectivity index (χ3v) is 7.46. The van der Waals surface area contributed by atoms with E-state index < -0.39 is 0 Å². The van der Waals surface area contributed by atoms with Crippen molar-refractivity contribution in [3.8, 4) is 11.5 Å². The van der Waals surface area contributed by atoms with E-state index in [1.807, 2.05) is 6.07 Å². The molecule has 1 unspecified atom stereocenters. The molecule has 174 valence electrons. The van der Waals surface area contributed by atoms with Gasteiger partial charge in [0, 0.05) is 30.2 Å². The molecular formula is C29H30N2O3. The van der Waals surface area contributed by atoms with Crippen LogP contribution in [-0.4, -0.2) is 28.2 Å². The number of aliphatic hydroxyl groups is 1. The molecule has 6 rings (SSSR count). The van der Waals surface area contributed by atoms with Crippen LogP contribution in [0.15, 0.2) is 60.7 Å². The zero-order valence-corrected chi connectivity index (χ0v) is 19.8. The lowest BCUT2D eigenvalue weighted by Crippen LogP contribution is -2.39. The van der Waals surface area contributed by atoms with Crippen LogP contribution in [0.1, 0.15) is 39.6 Å². The van der Waals surface area contributed by atoms with E-state index in [0.29, 0.717) is 12.6 Å². The molecule has 0 fully saturated rings. The lowest BCUT2D eigenvalue weighted by Gasteiger charge is -2.41. The van der Waals surface area contributed by atoms with Gasteiger partial charge in [0.15, 0.2) is 11.5 Å². The van der Waals surface area contributed by atoms with Crippen molar-refractivity contribution in [1.29, 1.82) is 0 Å². The number of methoxy groups -OCH3 is 1. The summed E-state index contributed by atoms with van der Waals surface area (Å²) in [6.07, 6.45) is 1.91. The number of aryl methyl sites for hydroxylation is 1. The van der Waals surface area contributed by atoms with Crippen LogP contribution in [0.2, 0.25) is 0 Å². The Hall–Kier alpha value is -3.28. The highest BCUT2D eigenvalue weighted by Crippen LogP contribution is 2.44. The van der Waals surface area contributed by atoms with Crippen LogP contribution >= 0.6 is 0 Å². The highest BCUT2D eigenvalue weighted by Gasteiger charge is 2.35. The predicted molar refractivity (Wildman–Crippen MR) is 133 cm³/mol. The number of aliphatic hydroxyl groups excluding tert-OH is 1. The lowest BCUT2D eigenvalue weighted by molar-refractivity contribution is 0.145. The highest BCUT2D eigenvalue weighted by molar-refractivity contribution is 5.86. The van der Waals surface area contributed by atoms with E-state index in [0.717, 1.165) is 48.5 Å². The van der Waals surface area contributed by atoms with Gasteiger partial charge in [-0.2, -0.15) is 0 Å². The summed E-state index contributed by atoms with van der Waals surface area (Å²) >= 11 is 0. The first kappa shape index (κ1) is 21.3. The van der Waals surface area contributed by atoms with Crippen molar-refractivity contribution in [3.05, 3.63) is 94.2 Å². The Kier molecular flexibility index (Phi) is 5.31. The number of hydrogen-bond acceptors (Lipinski definition) is 4. The molecule has 1 N–H and O–H groups in total. The molecule has 0 spiro atoms. The average molecular weight is 455 g/mol. The number of nitrogens with zero attached hydrogens (tertiary/aromatic N) is 2. The van der Waals surface area contributed by atoms with Crippen LogP contribution in [0.25, 0.3) is 10.9 Å². The van der Waals surface area contributed by atoms with Gasteiger partial charge in [-0.15, -0.1) is 0 Å². The van der Waals surface area contributed by atoms with Gasteiger partial charge in [0.05, 0.1) is 12.6 Å². The molecule has 4 aromatic rings. The summed E-state index contributed by atoms with van der Waals surface area (Å²) in [5.41, 5.74) is 8.78. The van der Waals surface area contributed by atoms with E-state index in [4.69, 9.17) is 9.47 Å². The Morgan fingerprint density at radius 3 is 2.74 bits per heavy atom. The lowest BCUT2D eigenvalue weighted by atomic mass is 9.85. The monoisotopic (exact) mass is 454 g/mol. The molecule has 3 heterocycles. The zero-order chi connectivity index (χ0) is 23.2. The first-order chi connectivity index (χ1) is 16.7. The number of benzene rings is 3. The molecule has 0 amide bonds. The quantitative estimate of drug-likeness (QED) is 0.454. The van der Waals surface area contributed by atoms with Gasteiger partial charge >= 0.3 is 0 Å². The van der Waals surface area contributed by atoms with Gasteiger partial charge in [0.1, 0.15) is 13.3 Å². The largest absolute Gasteiger partial charge is 0.493 e. The minimum Gasteiger partial charge on any atom is -0.493 e. The van der Waals surface area contributed by atoms with Crippen molar-refractivity contribution in [3.63, 3.8) is 0 Å². The van der Waals surface area contributed by atoms with Gasteiger partial charge in [-0.3, -0.25) is 4.90 Å². The van der Waals surface area contributed by atoms with E-state index in [9.17, 15) is 5.11 Å². The van der Waals surface area contributed by atoms with Gasteiger partial charge in [0.2, 0.25) is 0 Å². The Morgan fingerprint density at radius 1 is 1.03 bits per heavy atom. The number of fused-ring (bicyclic) bond motifs is 6. The van der Waals surface area contributed by atoms with Crippen LogP contribution in [-0.2, 0) is 32.7 Å². The molecule has 0 saturated heterocycles. The second-order valence-corrected chi connectivity index (χ2v) is 9.43. The minimum atomic E-state index is 0.0130.